The molecule has 10 atom stereocenters. The van der Waals surface area contributed by atoms with Crippen molar-refractivity contribution in [1.29, 1.82) is 0 Å². The van der Waals surface area contributed by atoms with Crippen molar-refractivity contribution >= 4 is 0 Å². The van der Waals surface area contributed by atoms with Crippen LogP contribution in [0, 0.1) is 63.6 Å². The van der Waals surface area contributed by atoms with E-state index in [1.165, 1.54) is 51.4 Å². The summed E-state index contributed by atoms with van der Waals surface area (Å²) in [7, 11) is 2.00. The minimum Gasteiger partial charge on any atom is -0.381 e. The van der Waals surface area contributed by atoms with E-state index in [0.29, 0.717) is 28.3 Å². The maximum Gasteiger partial charge on any atom is 0.119 e. The Labute approximate surface area is 184 Å². The molecule has 168 valence electrons. The van der Waals surface area contributed by atoms with E-state index in [1.54, 1.807) is 13.8 Å². The molecule has 0 radical (unpaired) electrons. The lowest BCUT2D eigenvalue weighted by molar-refractivity contribution is -0.160. The molecule has 5 saturated carbocycles. The molecule has 5 fully saturated rings. The molecule has 0 amide bonds. The SMILES string of the molecule is CO[C@@H]1C[C@H]2[C@@H]3CC[C@H]([C@H](C)CC#CC(C)(C)O)[C@@]3(C)CC[C@@H]2[C@@]2(C)CC[C@H]3C[C@]312. The van der Waals surface area contributed by atoms with Crippen LogP contribution in [0.5, 0.6) is 0 Å². The van der Waals surface area contributed by atoms with Gasteiger partial charge in [-0.3, -0.25) is 0 Å². The monoisotopic (exact) mass is 412 g/mol. The molecule has 30 heavy (non-hydrogen) atoms. The van der Waals surface area contributed by atoms with E-state index in [2.05, 4.69) is 32.6 Å². The van der Waals surface area contributed by atoms with Crippen LogP contribution >= 0.6 is 0 Å². The van der Waals surface area contributed by atoms with Gasteiger partial charge in [0.1, 0.15) is 5.60 Å². The van der Waals surface area contributed by atoms with Crippen LogP contribution in [-0.2, 0) is 4.74 Å². The van der Waals surface area contributed by atoms with Gasteiger partial charge in [-0.15, -0.1) is 5.92 Å². The number of aliphatic hydroxyl groups is 1. The first-order valence-corrected chi connectivity index (χ1v) is 12.8. The second kappa shape index (κ2) is 6.74. The Morgan fingerprint density at radius 3 is 2.53 bits per heavy atom. The predicted molar refractivity (Wildman–Crippen MR) is 122 cm³/mol. The highest BCUT2D eigenvalue weighted by Gasteiger charge is 2.77. The normalized spacial score (nSPS) is 52.4. The van der Waals surface area contributed by atoms with E-state index in [4.69, 9.17) is 4.74 Å². The van der Waals surface area contributed by atoms with Crippen molar-refractivity contribution < 1.29 is 9.84 Å². The van der Waals surface area contributed by atoms with Gasteiger partial charge in [-0.1, -0.05) is 26.7 Å². The number of fused-ring (bicyclic) bond motifs is 4. The summed E-state index contributed by atoms with van der Waals surface area (Å²) in [4.78, 5) is 0. The average molecular weight is 413 g/mol. The lowest BCUT2D eigenvalue weighted by Crippen LogP contribution is -2.57. The summed E-state index contributed by atoms with van der Waals surface area (Å²) in [6, 6.07) is 0. The number of ether oxygens (including phenoxy) is 1. The number of rotatable bonds is 3. The van der Waals surface area contributed by atoms with Crippen molar-refractivity contribution in [2.75, 3.05) is 7.11 Å². The van der Waals surface area contributed by atoms with Gasteiger partial charge in [0, 0.05) is 18.9 Å². The van der Waals surface area contributed by atoms with E-state index >= 15 is 0 Å². The van der Waals surface area contributed by atoms with Crippen LogP contribution < -0.4 is 0 Å². The fourth-order valence-electron chi connectivity index (χ4n) is 10.1. The van der Waals surface area contributed by atoms with Gasteiger partial charge in [0.2, 0.25) is 0 Å². The summed E-state index contributed by atoms with van der Waals surface area (Å²) < 4.78 is 6.26. The largest absolute Gasteiger partial charge is 0.381 e. The molecule has 5 aliphatic rings. The zero-order chi connectivity index (χ0) is 21.5. The van der Waals surface area contributed by atoms with E-state index in [-0.39, 0.29) is 0 Å². The lowest BCUT2D eigenvalue weighted by atomic mass is 9.45. The van der Waals surface area contributed by atoms with Gasteiger partial charge in [-0.2, -0.15) is 0 Å². The molecule has 0 unspecified atom stereocenters. The minimum absolute atomic E-state index is 0.470. The molecule has 2 nitrogen and oxygen atoms in total. The summed E-state index contributed by atoms with van der Waals surface area (Å²) in [5.41, 5.74) is 0.668. The summed E-state index contributed by atoms with van der Waals surface area (Å²) in [6.07, 6.45) is 12.8. The first kappa shape index (κ1) is 21.3. The molecular formula is C28H44O2. The van der Waals surface area contributed by atoms with Crippen molar-refractivity contribution in [3.63, 3.8) is 0 Å². The van der Waals surface area contributed by atoms with Crippen molar-refractivity contribution in [3.05, 3.63) is 0 Å². The Kier molecular flexibility index (Phi) is 4.79. The second-order valence-electron chi connectivity index (χ2n) is 13.0. The van der Waals surface area contributed by atoms with Gasteiger partial charge in [-0.25, -0.2) is 0 Å². The van der Waals surface area contributed by atoms with Crippen molar-refractivity contribution in [3.8, 4) is 11.8 Å². The molecule has 0 aromatic heterocycles. The van der Waals surface area contributed by atoms with Crippen LogP contribution in [0.2, 0.25) is 0 Å². The maximum absolute atomic E-state index is 9.95. The number of hydrogen-bond acceptors (Lipinski definition) is 2. The van der Waals surface area contributed by atoms with Gasteiger partial charge in [0.05, 0.1) is 6.10 Å². The molecule has 2 heteroatoms. The average Bonchev–Trinajstić information content (AvgIpc) is 3.17. The fraction of sp³-hybridized carbons (Fsp3) is 0.929. The fourth-order valence-corrected chi connectivity index (χ4v) is 10.1. The van der Waals surface area contributed by atoms with E-state index < -0.39 is 5.60 Å². The van der Waals surface area contributed by atoms with E-state index in [1.807, 2.05) is 7.11 Å². The standard InChI is InChI=1S/C28H44O2/c1-18(8-7-13-25(2,3)29)21-9-10-22-20-16-24(30-6)28-17-19(28)11-15-27(28,5)23(20)12-14-26(21,22)4/h18-24,29H,8-12,14-17H2,1-6H3/t18-,19+,20+,21-,22+,23+,24-,26-,27-,28+/m1/s1. The van der Waals surface area contributed by atoms with Crippen LogP contribution in [0.25, 0.3) is 0 Å². The third-order valence-electron chi connectivity index (χ3n) is 11.4. The quantitative estimate of drug-likeness (QED) is 0.570. The summed E-state index contributed by atoms with van der Waals surface area (Å²) in [5, 5.41) is 9.95. The molecule has 0 saturated heterocycles. The molecule has 0 bridgehead atoms. The first-order chi connectivity index (χ1) is 14.1. The molecule has 0 heterocycles. The maximum atomic E-state index is 9.95. The van der Waals surface area contributed by atoms with Gasteiger partial charge < -0.3 is 9.84 Å². The second-order valence-corrected chi connectivity index (χ2v) is 13.0. The summed E-state index contributed by atoms with van der Waals surface area (Å²) >= 11 is 0. The van der Waals surface area contributed by atoms with Crippen LogP contribution in [0.15, 0.2) is 0 Å². The van der Waals surface area contributed by atoms with Crippen LogP contribution in [0.3, 0.4) is 0 Å². The first-order valence-electron chi connectivity index (χ1n) is 12.8. The van der Waals surface area contributed by atoms with Crippen molar-refractivity contribution in [2.24, 2.45) is 51.8 Å². The number of hydrogen-bond donors (Lipinski definition) is 1. The van der Waals surface area contributed by atoms with Gasteiger partial charge in [0.25, 0.3) is 0 Å². The Morgan fingerprint density at radius 1 is 1.10 bits per heavy atom. The minimum atomic E-state index is -0.871. The highest BCUT2D eigenvalue weighted by atomic mass is 16.5. The van der Waals surface area contributed by atoms with Crippen LogP contribution in [0.4, 0.5) is 0 Å². The van der Waals surface area contributed by atoms with Crippen molar-refractivity contribution in [1.82, 2.24) is 0 Å². The highest BCUT2D eigenvalue weighted by Crippen LogP contribution is 2.82. The zero-order valence-corrected chi connectivity index (χ0v) is 20.3. The smallest absolute Gasteiger partial charge is 0.119 e. The molecule has 1 spiro atoms. The van der Waals surface area contributed by atoms with Gasteiger partial charge >= 0.3 is 0 Å². The van der Waals surface area contributed by atoms with Crippen LogP contribution in [-0.4, -0.2) is 23.9 Å². The number of methoxy groups -OCH3 is 1. The topological polar surface area (TPSA) is 29.5 Å². The van der Waals surface area contributed by atoms with Crippen LogP contribution in [0.1, 0.15) is 92.4 Å². The third-order valence-corrected chi connectivity index (χ3v) is 11.4. The summed E-state index contributed by atoms with van der Waals surface area (Å²) in [5.74, 6) is 11.4. The Hall–Kier alpha value is -0.520. The molecular weight excluding hydrogens is 368 g/mol. The highest BCUT2D eigenvalue weighted by molar-refractivity contribution is 5.26. The zero-order valence-electron chi connectivity index (χ0n) is 20.3. The lowest BCUT2D eigenvalue weighted by Gasteiger charge is -2.61. The molecule has 0 aromatic carbocycles. The van der Waals surface area contributed by atoms with E-state index in [9.17, 15) is 5.11 Å². The van der Waals surface area contributed by atoms with Gasteiger partial charge in [0.15, 0.2) is 0 Å². The molecule has 0 aliphatic heterocycles. The molecule has 5 aliphatic carbocycles. The predicted octanol–water partition coefficient (Wildman–Crippen LogP) is 6.07. The third kappa shape index (κ3) is 2.76. The molecule has 1 N–H and O–H groups in total. The Balaban J connectivity index is 1.37. The molecule has 0 aromatic rings. The van der Waals surface area contributed by atoms with Crippen molar-refractivity contribution in [2.45, 2.75) is 104 Å². The Morgan fingerprint density at radius 2 is 1.87 bits per heavy atom. The Bertz CT molecular complexity index is 755. The van der Waals surface area contributed by atoms with E-state index in [0.717, 1.165) is 36.0 Å². The van der Waals surface area contributed by atoms with Gasteiger partial charge in [-0.05, 0) is 112 Å². The molecule has 5 rings (SSSR count). The summed E-state index contributed by atoms with van der Waals surface area (Å²) in [6.45, 7) is 11.3.